The Morgan fingerprint density at radius 1 is 1.17 bits per heavy atom. The number of hydrogen-bond acceptors (Lipinski definition) is 5. The summed E-state index contributed by atoms with van der Waals surface area (Å²) in [5, 5.41) is 2.08. The SMILES string of the molecule is NC(=O)C(NC(=O)COc1ccc(N2CCCC2=O)cc1)C(N)=O. The van der Waals surface area contributed by atoms with Crippen LogP contribution in [0.2, 0.25) is 0 Å². The zero-order chi connectivity index (χ0) is 17.7. The second-order valence-corrected chi connectivity index (χ2v) is 5.24. The molecule has 1 aromatic carbocycles. The van der Waals surface area contributed by atoms with E-state index in [1.54, 1.807) is 29.2 Å². The number of amides is 4. The molecule has 1 aliphatic heterocycles. The van der Waals surface area contributed by atoms with Crippen molar-refractivity contribution >= 4 is 29.3 Å². The molecule has 2 rings (SSSR count). The molecule has 5 N–H and O–H groups in total. The Labute approximate surface area is 137 Å². The Morgan fingerprint density at radius 2 is 1.79 bits per heavy atom. The van der Waals surface area contributed by atoms with Crippen LogP contribution < -0.4 is 26.4 Å². The lowest BCUT2D eigenvalue weighted by molar-refractivity contribution is -0.134. The minimum Gasteiger partial charge on any atom is -0.484 e. The summed E-state index contributed by atoms with van der Waals surface area (Å²) in [6, 6.07) is 5.09. The lowest BCUT2D eigenvalue weighted by Crippen LogP contribution is -2.53. The molecular weight excluding hydrogens is 316 g/mol. The molecule has 24 heavy (non-hydrogen) atoms. The second kappa shape index (κ2) is 7.44. The molecule has 9 heteroatoms. The van der Waals surface area contributed by atoms with Gasteiger partial charge in [0.25, 0.3) is 5.91 Å². The van der Waals surface area contributed by atoms with Crippen LogP contribution in [0.4, 0.5) is 5.69 Å². The fourth-order valence-electron chi connectivity index (χ4n) is 2.28. The Balaban J connectivity index is 1.88. The van der Waals surface area contributed by atoms with Gasteiger partial charge in [0.15, 0.2) is 12.6 Å². The quantitative estimate of drug-likeness (QED) is 0.528. The fraction of sp³-hybridized carbons (Fsp3) is 0.333. The highest BCUT2D eigenvalue weighted by molar-refractivity contribution is 6.05. The van der Waals surface area contributed by atoms with E-state index < -0.39 is 30.4 Å². The van der Waals surface area contributed by atoms with Gasteiger partial charge in [0.2, 0.25) is 17.7 Å². The van der Waals surface area contributed by atoms with Crippen molar-refractivity contribution in [1.29, 1.82) is 0 Å². The van der Waals surface area contributed by atoms with Crippen molar-refractivity contribution in [3.8, 4) is 5.75 Å². The van der Waals surface area contributed by atoms with Crippen molar-refractivity contribution in [1.82, 2.24) is 5.32 Å². The largest absolute Gasteiger partial charge is 0.484 e. The molecule has 4 amide bonds. The summed E-state index contributed by atoms with van der Waals surface area (Å²) in [5.74, 6) is -2.33. The molecule has 1 saturated heterocycles. The third kappa shape index (κ3) is 4.22. The number of anilines is 1. The van der Waals surface area contributed by atoms with Gasteiger partial charge in [-0.05, 0) is 30.7 Å². The third-order valence-corrected chi connectivity index (χ3v) is 3.47. The second-order valence-electron chi connectivity index (χ2n) is 5.24. The van der Waals surface area contributed by atoms with Crippen molar-refractivity contribution in [3.05, 3.63) is 24.3 Å². The molecule has 9 nitrogen and oxygen atoms in total. The highest BCUT2D eigenvalue weighted by Gasteiger charge is 2.24. The lowest BCUT2D eigenvalue weighted by Gasteiger charge is -2.16. The van der Waals surface area contributed by atoms with E-state index in [2.05, 4.69) is 5.32 Å². The fourth-order valence-corrected chi connectivity index (χ4v) is 2.28. The predicted molar refractivity (Wildman–Crippen MR) is 83.8 cm³/mol. The Morgan fingerprint density at radius 3 is 2.29 bits per heavy atom. The summed E-state index contributed by atoms with van der Waals surface area (Å²) < 4.78 is 5.25. The summed E-state index contributed by atoms with van der Waals surface area (Å²) in [7, 11) is 0. The van der Waals surface area contributed by atoms with E-state index >= 15 is 0 Å². The van der Waals surface area contributed by atoms with Crippen LogP contribution >= 0.6 is 0 Å². The zero-order valence-corrected chi connectivity index (χ0v) is 12.9. The van der Waals surface area contributed by atoms with Gasteiger partial charge in [-0.2, -0.15) is 0 Å². The van der Waals surface area contributed by atoms with E-state index in [1.807, 2.05) is 0 Å². The average molecular weight is 334 g/mol. The molecule has 0 atom stereocenters. The first-order chi connectivity index (χ1) is 11.4. The Bertz CT molecular complexity index is 644. The maximum Gasteiger partial charge on any atom is 0.258 e. The van der Waals surface area contributed by atoms with Crippen LogP contribution in [-0.2, 0) is 19.2 Å². The van der Waals surface area contributed by atoms with Gasteiger partial charge >= 0.3 is 0 Å². The first-order valence-corrected chi connectivity index (χ1v) is 7.29. The lowest BCUT2D eigenvalue weighted by atomic mass is 10.2. The van der Waals surface area contributed by atoms with E-state index in [-0.39, 0.29) is 5.91 Å². The first-order valence-electron chi connectivity index (χ1n) is 7.29. The standard InChI is InChI=1S/C15H18N4O5/c16-14(22)13(15(17)23)18-11(20)8-24-10-5-3-9(4-6-10)19-7-1-2-12(19)21/h3-6,13H,1-2,7-8H2,(H2,16,22)(H2,17,23)(H,18,20). The van der Waals surface area contributed by atoms with Crippen molar-refractivity contribution < 1.29 is 23.9 Å². The van der Waals surface area contributed by atoms with Crippen molar-refractivity contribution in [2.45, 2.75) is 18.9 Å². The first kappa shape index (κ1) is 17.3. The average Bonchev–Trinajstić information content (AvgIpc) is 2.96. The number of nitrogens with two attached hydrogens (primary N) is 2. The maximum absolute atomic E-state index is 11.7. The molecule has 1 heterocycles. The van der Waals surface area contributed by atoms with Crippen molar-refractivity contribution in [2.75, 3.05) is 18.1 Å². The third-order valence-electron chi connectivity index (χ3n) is 3.47. The summed E-state index contributed by atoms with van der Waals surface area (Å²) >= 11 is 0. The molecule has 0 unspecified atom stereocenters. The number of hydrogen-bond donors (Lipinski definition) is 3. The topological polar surface area (TPSA) is 145 Å². The molecule has 1 fully saturated rings. The van der Waals surface area contributed by atoms with Gasteiger partial charge in [0, 0.05) is 18.7 Å². The van der Waals surface area contributed by atoms with E-state index in [1.165, 1.54) is 0 Å². The van der Waals surface area contributed by atoms with Crippen LogP contribution in [0.1, 0.15) is 12.8 Å². The van der Waals surface area contributed by atoms with Gasteiger partial charge in [0.05, 0.1) is 0 Å². The maximum atomic E-state index is 11.7. The molecule has 0 aromatic heterocycles. The van der Waals surface area contributed by atoms with Crippen LogP contribution in [0.25, 0.3) is 0 Å². The highest BCUT2D eigenvalue weighted by atomic mass is 16.5. The number of nitrogens with one attached hydrogen (secondary N) is 1. The van der Waals surface area contributed by atoms with Crippen LogP contribution in [0.3, 0.4) is 0 Å². The summed E-state index contributed by atoms with van der Waals surface area (Å²) in [5.41, 5.74) is 10.7. The van der Waals surface area contributed by atoms with Gasteiger partial charge in [-0.25, -0.2) is 0 Å². The molecule has 0 aliphatic carbocycles. The van der Waals surface area contributed by atoms with Crippen LogP contribution in [0.5, 0.6) is 5.75 Å². The predicted octanol–water partition coefficient (Wildman–Crippen LogP) is -1.35. The monoisotopic (exact) mass is 334 g/mol. The minimum absolute atomic E-state index is 0.0759. The summed E-state index contributed by atoms with van der Waals surface area (Å²) in [4.78, 5) is 46.9. The number of primary amides is 2. The Kier molecular flexibility index (Phi) is 5.35. The van der Waals surface area contributed by atoms with E-state index in [9.17, 15) is 19.2 Å². The molecule has 0 bridgehead atoms. The number of carbonyl (C=O) groups excluding carboxylic acids is 4. The van der Waals surface area contributed by atoms with Gasteiger partial charge in [-0.15, -0.1) is 0 Å². The van der Waals surface area contributed by atoms with E-state index in [0.717, 1.165) is 12.1 Å². The van der Waals surface area contributed by atoms with E-state index in [0.29, 0.717) is 18.7 Å². The van der Waals surface area contributed by atoms with Gasteiger partial charge in [-0.3, -0.25) is 19.2 Å². The minimum atomic E-state index is -1.58. The molecular formula is C15H18N4O5. The molecule has 0 spiro atoms. The van der Waals surface area contributed by atoms with Crippen LogP contribution in [-0.4, -0.2) is 42.8 Å². The number of nitrogens with zero attached hydrogens (tertiary/aromatic N) is 1. The Hall–Kier alpha value is -3.10. The van der Waals surface area contributed by atoms with Crippen molar-refractivity contribution in [2.24, 2.45) is 11.5 Å². The number of benzene rings is 1. The smallest absolute Gasteiger partial charge is 0.258 e. The molecule has 128 valence electrons. The number of rotatable bonds is 7. The van der Waals surface area contributed by atoms with Crippen LogP contribution in [0.15, 0.2) is 24.3 Å². The molecule has 1 aliphatic rings. The normalized spacial score (nSPS) is 13.9. The summed E-state index contributed by atoms with van der Waals surface area (Å²) in [6.45, 7) is 0.266. The number of carbonyl (C=O) groups is 4. The molecule has 0 saturated carbocycles. The summed E-state index contributed by atoms with van der Waals surface area (Å²) in [6.07, 6.45) is 1.37. The van der Waals surface area contributed by atoms with Crippen molar-refractivity contribution in [3.63, 3.8) is 0 Å². The van der Waals surface area contributed by atoms with Gasteiger partial charge in [0.1, 0.15) is 5.75 Å². The van der Waals surface area contributed by atoms with E-state index in [4.69, 9.17) is 16.2 Å². The molecule has 1 aromatic rings. The highest BCUT2D eigenvalue weighted by Crippen LogP contribution is 2.23. The van der Waals surface area contributed by atoms with Gasteiger partial charge in [-0.1, -0.05) is 0 Å². The van der Waals surface area contributed by atoms with Crippen LogP contribution in [0, 0.1) is 0 Å². The molecule has 0 radical (unpaired) electrons. The zero-order valence-electron chi connectivity index (χ0n) is 12.9. The van der Waals surface area contributed by atoms with Gasteiger partial charge < -0.3 is 26.4 Å². The number of ether oxygens (including phenoxy) is 1.